The molecule has 0 aliphatic rings. The van der Waals surface area contributed by atoms with E-state index in [0.29, 0.717) is 6.54 Å². The molecule has 19 heavy (non-hydrogen) atoms. The SMILES string of the molecule is CC(Br)c1cn(Cc2ccc3ccccc3n2)nn1. The van der Waals surface area contributed by atoms with E-state index in [2.05, 4.69) is 43.4 Å². The summed E-state index contributed by atoms with van der Waals surface area (Å²) < 4.78 is 1.81. The van der Waals surface area contributed by atoms with Crippen molar-refractivity contribution in [3.8, 4) is 0 Å². The Kier molecular flexibility index (Phi) is 3.29. The third kappa shape index (κ3) is 2.66. The van der Waals surface area contributed by atoms with Crippen molar-refractivity contribution in [2.24, 2.45) is 0 Å². The fraction of sp³-hybridized carbons (Fsp3) is 0.214. The molecule has 0 aliphatic carbocycles. The van der Waals surface area contributed by atoms with Crippen LogP contribution in [0.4, 0.5) is 0 Å². The van der Waals surface area contributed by atoms with Gasteiger partial charge in [-0.05, 0) is 19.1 Å². The maximum atomic E-state index is 4.62. The molecule has 1 unspecified atom stereocenters. The number of halogens is 1. The molecule has 0 bridgehead atoms. The average molecular weight is 317 g/mol. The Balaban J connectivity index is 1.87. The molecule has 0 saturated carbocycles. The molecule has 0 saturated heterocycles. The maximum Gasteiger partial charge on any atom is 0.0960 e. The number of rotatable bonds is 3. The number of nitrogens with zero attached hydrogens (tertiary/aromatic N) is 4. The molecule has 4 nitrogen and oxygen atoms in total. The van der Waals surface area contributed by atoms with Gasteiger partial charge in [-0.2, -0.15) is 0 Å². The van der Waals surface area contributed by atoms with Gasteiger partial charge in [0.25, 0.3) is 0 Å². The van der Waals surface area contributed by atoms with Crippen LogP contribution in [-0.4, -0.2) is 20.0 Å². The molecule has 3 rings (SSSR count). The normalized spacial score (nSPS) is 12.7. The fourth-order valence-corrected chi connectivity index (χ4v) is 2.14. The smallest absolute Gasteiger partial charge is 0.0960 e. The highest BCUT2D eigenvalue weighted by molar-refractivity contribution is 9.09. The lowest BCUT2D eigenvalue weighted by atomic mass is 10.2. The Labute approximate surface area is 119 Å². The fourth-order valence-electron chi connectivity index (χ4n) is 1.94. The lowest BCUT2D eigenvalue weighted by Gasteiger charge is -2.02. The molecule has 0 amide bonds. The van der Waals surface area contributed by atoms with Gasteiger partial charge in [0.1, 0.15) is 0 Å². The minimum Gasteiger partial charge on any atom is -0.251 e. The molecular formula is C14H13BrN4. The summed E-state index contributed by atoms with van der Waals surface area (Å²) in [6, 6.07) is 12.2. The van der Waals surface area contributed by atoms with Gasteiger partial charge >= 0.3 is 0 Å². The number of alkyl halides is 1. The van der Waals surface area contributed by atoms with Crippen molar-refractivity contribution in [1.29, 1.82) is 0 Å². The minimum absolute atomic E-state index is 0.214. The second kappa shape index (κ2) is 5.09. The summed E-state index contributed by atoms with van der Waals surface area (Å²) in [4.78, 5) is 4.84. The zero-order valence-electron chi connectivity index (χ0n) is 10.5. The van der Waals surface area contributed by atoms with Crippen LogP contribution >= 0.6 is 15.9 Å². The lowest BCUT2D eigenvalue weighted by molar-refractivity contribution is 0.640. The summed E-state index contributed by atoms with van der Waals surface area (Å²) in [6.07, 6.45) is 1.94. The van der Waals surface area contributed by atoms with Crippen molar-refractivity contribution in [3.05, 3.63) is 54.0 Å². The second-order valence-corrected chi connectivity index (χ2v) is 5.83. The summed E-state index contributed by atoms with van der Waals surface area (Å²) in [5.74, 6) is 0. The summed E-state index contributed by atoms with van der Waals surface area (Å²) >= 11 is 3.48. The number of para-hydroxylation sites is 1. The minimum atomic E-state index is 0.214. The van der Waals surface area contributed by atoms with Crippen LogP contribution in [0.1, 0.15) is 23.1 Å². The van der Waals surface area contributed by atoms with Gasteiger partial charge in [0.2, 0.25) is 0 Å². The number of hydrogen-bond acceptors (Lipinski definition) is 3. The molecule has 3 aromatic rings. The summed E-state index contributed by atoms with van der Waals surface area (Å²) in [5, 5.41) is 9.37. The van der Waals surface area contributed by atoms with E-state index in [9.17, 15) is 0 Å². The summed E-state index contributed by atoms with van der Waals surface area (Å²) in [7, 11) is 0. The second-order valence-electron chi connectivity index (χ2n) is 4.45. The van der Waals surface area contributed by atoms with Crippen LogP contribution in [0.3, 0.4) is 0 Å². The zero-order chi connectivity index (χ0) is 13.2. The van der Waals surface area contributed by atoms with Crippen molar-refractivity contribution in [2.45, 2.75) is 18.3 Å². The van der Waals surface area contributed by atoms with E-state index in [1.807, 2.05) is 42.1 Å². The number of fused-ring (bicyclic) bond motifs is 1. The Hall–Kier alpha value is -1.75. The van der Waals surface area contributed by atoms with Crippen molar-refractivity contribution in [1.82, 2.24) is 20.0 Å². The van der Waals surface area contributed by atoms with E-state index < -0.39 is 0 Å². The van der Waals surface area contributed by atoms with Crippen molar-refractivity contribution in [2.75, 3.05) is 0 Å². The van der Waals surface area contributed by atoms with Crippen LogP contribution in [0, 0.1) is 0 Å². The first kappa shape index (κ1) is 12.3. The zero-order valence-corrected chi connectivity index (χ0v) is 12.1. The molecule has 2 aromatic heterocycles. The Bertz CT molecular complexity index is 705. The van der Waals surface area contributed by atoms with Crippen molar-refractivity contribution in [3.63, 3.8) is 0 Å². The van der Waals surface area contributed by atoms with Crippen LogP contribution in [0.2, 0.25) is 0 Å². The Morgan fingerprint density at radius 1 is 1.21 bits per heavy atom. The third-order valence-electron chi connectivity index (χ3n) is 2.94. The van der Waals surface area contributed by atoms with E-state index in [4.69, 9.17) is 0 Å². The van der Waals surface area contributed by atoms with Gasteiger partial charge in [-0.3, -0.25) is 4.98 Å². The molecule has 1 atom stereocenters. The van der Waals surface area contributed by atoms with Gasteiger partial charge in [-0.1, -0.05) is 45.4 Å². The first-order valence-corrected chi connectivity index (χ1v) is 7.03. The largest absolute Gasteiger partial charge is 0.251 e. The standard InChI is InChI=1S/C14H13BrN4/c1-10(15)14-9-19(18-17-14)8-12-7-6-11-4-2-3-5-13(11)16-12/h2-7,9-10H,8H2,1H3. The number of pyridine rings is 1. The predicted octanol–water partition coefficient (Wildman–Crippen LogP) is 3.33. The summed E-state index contributed by atoms with van der Waals surface area (Å²) in [6.45, 7) is 2.67. The van der Waals surface area contributed by atoms with E-state index >= 15 is 0 Å². The highest BCUT2D eigenvalue weighted by Gasteiger charge is 2.07. The first-order valence-electron chi connectivity index (χ1n) is 6.11. The Morgan fingerprint density at radius 2 is 2.05 bits per heavy atom. The molecule has 5 heteroatoms. The predicted molar refractivity (Wildman–Crippen MR) is 78.2 cm³/mol. The van der Waals surface area contributed by atoms with E-state index in [1.54, 1.807) is 0 Å². The topological polar surface area (TPSA) is 43.6 Å². The Morgan fingerprint density at radius 3 is 2.84 bits per heavy atom. The van der Waals surface area contributed by atoms with E-state index in [-0.39, 0.29) is 4.83 Å². The molecule has 1 aromatic carbocycles. The quantitative estimate of drug-likeness (QED) is 0.696. The molecule has 0 N–H and O–H groups in total. The number of benzene rings is 1. The van der Waals surface area contributed by atoms with Gasteiger partial charge in [0.05, 0.1) is 34.5 Å². The first-order chi connectivity index (χ1) is 9.22. The van der Waals surface area contributed by atoms with Gasteiger partial charge < -0.3 is 0 Å². The van der Waals surface area contributed by atoms with Crippen LogP contribution in [0.5, 0.6) is 0 Å². The molecule has 0 spiro atoms. The van der Waals surface area contributed by atoms with E-state index in [1.165, 1.54) is 0 Å². The molecule has 0 aliphatic heterocycles. The van der Waals surface area contributed by atoms with Crippen LogP contribution in [0.15, 0.2) is 42.6 Å². The number of aromatic nitrogens is 4. The van der Waals surface area contributed by atoms with Gasteiger partial charge in [-0.15, -0.1) is 5.10 Å². The van der Waals surface area contributed by atoms with Crippen molar-refractivity contribution >= 4 is 26.8 Å². The number of hydrogen-bond donors (Lipinski definition) is 0. The molecular weight excluding hydrogens is 304 g/mol. The summed E-state index contributed by atoms with van der Waals surface area (Å²) in [5.41, 5.74) is 2.92. The van der Waals surface area contributed by atoms with Gasteiger partial charge in [0.15, 0.2) is 0 Å². The maximum absolute atomic E-state index is 4.62. The molecule has 0 fully saturated rings. The van der Waals surface area contributed by atoms with Crippen LogP contribution in [-0.2, 0) is 6.54 Å². The van der Waals surface area contributed by atoms with E-state index in [0.717, 1.165) is 22.3 Å². The average Bonchev–Trinajstić information content (AvgIpc) is 2.87. The monoisotopic (exact) mass is 316 g/mol. The van der Waals surface area contributed by atoms with Crippen LogP contribution in [0.25, 0.3) is 10.9 Å². The third-order valence-corrected chi connectivity index (χ3v) is 3.41. The van der Waals surface area contributed by atoms with Crippen LogP contribution < -0.4 is 0 Å². The molecule has 2 heterocycles. The van der Waals surface area contributed by atoms with Crippen molar-refractivity contribution < 1.29 is 0 Å². The highest BCUT2D eigenvalue weighted by Crippen LogP contribution is 2.18. The lowest BCUT2D eigenvalue weighted by Crippen LogP contribution is -2.02. The molecule has 0 radical (unpaired) electrons. The van der Waals surface area contributed by atoms with Gasteiger partial charge in [-0.25, -0.2) is 4.68 Å². The highest BCUT2D eigenvalue weighted by atomic mass is 79.9. The molecule has 96 valence electrons. The van der Waals surface area contributed by atoms with Gasteiger partial charge in [0, 0.05) is 5.39 Å².